The zero-order chi connectivity index (χ0) is 22.5. The Labute approximate surface area is 178 Å². The molecule has 1 heterocycles. The number of aromatic nitrogens is 1. The molecule has 0 radical (unpaired) electrons. The van der Waals surface area contributed by atoms with Crippen molar-refractivity contribution in [2.45, 2.75) is 71.5 Å². The number of rotatable bonds is 11. The number of nitrogens with one attached hydrogen (secondary N) is 3. The van der Waals surface area contributed by atoms with Gasteiger partial charge in [0.2, 0.25) is 11.8 Å². The van der Waals surface area contributed by atoms with Gasteiger partial charge in [0.25, 0.3) is 0 Å². The lowest BCUT2D eigenvalue weighted by molar-refractivity contribution is -0.133. The molecule has 0 unspecified atom stereocenters. The van der Waals surface area contributed by atoms with E-state index < -0.39 is 17.5 Å². The normalized spacial score (nSPS) is 14.6. The number of nitrogens with two attached hydrogens (primary N) is 1. The average molecular weight is 415 g/mol. The molecule has 2 rings (SSSR count). The first kappa shape index (κ1) is 23.6. The molecule has 0 aliphatic carbocycles. The molecule has 2 amide bonds. The minimum atomic E-state index is -1.01. The first-order valence-corrected chi connectivity index (χ1v) is 10.5. The highest BCUT2D eigenvalue weighted by Gasteiger charge is 2.36. The van der Waals surface area contributed by atoms with Crippen molar-refractivity contribution in [2.75, 3.05) is 0 Å². The number of primary amides is 1. The summed E-state index contributed by atoms with van der Waals surface area (Å²) < 4.78 is 0. The minimum Gasteiger partial charge on any atom is -0.370 e. The fourth-order valence-corrected chi connectivity index (χ4v) is 3.72. The number of amides is 2. The van der Waals surface area contributed by atoms with Crippen LogP contribution in [0.15, 0.2) is 30.5 Å². The summed E-state index contributed by atoms with van der Waals surface area (Å²) in [6, 6.07) is 7.22. The van der Waals surface area contributed by atoms with E-state index in [1.165, 1.54) is 0 Å². The highest BCUT2D eigenvalue weighted by molar-refractivity contribution is 5.94. The Kier molecular flexibility index (Phi) is 7.78. The van der Waals surface area contributed by atoms with E-state index in [-0.39, 0.29) is 36.5 Å². The van der Waals surface area contributed by atoms with Crippen LogP contribution in [-0.2, 0) is 20.8 Å². The van der Waals surface area contributed by atoms with Crippen molar-refractivity contribution in [2.24, 2.45) is 11.7 Å². The summed E-state index contributed by atoms with van der Waals surface area (Å²) in [7, 11) is 0. The number of benzene rings is 1. The predicted octanol–water partition coefficient (Wildman–Crippen LogP) is 2.44. The molecule has 1 aromatic carbocycles. The third-order valence-electron chi connectivity index (χ3n) is 5.30. The van der Waals surface area contributed by atoms with Crippen LogP contribution in [0.1, 0.15) is 53.0 Å². The fraction of sp³-hybridized carbons (Fsp3) is 0.522. The van der Waals surface area contributed by atoms with E-state index in [1.54, 1.807) is 6.92 Å². The van der Waals surface area contributed by atoms with Gasteiger partial charge in [-0.25, -0.2) is 0 Å². The van der Waals surface area contributed by atoms with Gasteiger partial charge in [-0.2, -0.15) is 0 Å². The second-order valence-corrected chi connectivity index (χ2v) is 8.74. The summed E-state index contributed by atoms with van der Waals surface area (Å²) in [6.45, 7) is 9.26. The van der Waals surface area contributed by atoms with Gasteiger partial charge in [0.1, 0.15) is 0 Å². The molecule has 7 nitrogen and oxygen atoms in total. The molecule has 5 N–H and O–H groups in total. The van der Waals surface area contributed by atoms with E-state index in [2.05, 4.69) is 15.6 Å². The van der Waals surface area contributed by atoms with Crippen LogP contribution in [0.25, 0.3) is 10.9 Å². The zero-order valence-electron chi connectivity index (χ0n) is 18.5. The van der Waals surface area contributed by atoms with Crippen molar-refractivity contribution in [1.29, 1.82) is 0 Å². The van der Waals surface area contributed by atoms with Crippen LogP contribution in [-0.4, -0.2) is 40.2 Å². The maximum absolute atomic E-state index is 13.3. The molecule has 0 aliphatic heterocycles. The highest BCUT2D eigenvalue weighted by atomic mass is 16.2. The number of aromatic amines is 1. The van der Waals surface area contributed by atoms with Crippen LogP contribution in [0.2, 0.25) is 0 Å². The van der Waals surface area contributed by atoms with E-state index in [0.29, 0.717) is 6.42 Å². The van der Waals surface area contributed by atoms with Gasteiger partial charge in [-0.15, -0.1) is 0 Å². The predicted molar refractivity (Wildman–Crippen MR) is 119 cm³/mol. The molecule has 2 atom stereocenters. The first-order valence-electron chi connectivity index (χ1n) is 10.5. The van der Waals surface area contributed by atoms with Crippen molar-refractivity contribution in [3.05, 3.63) is 36.0 Å². The SMILES string of the molecule is CC(C)N[C@@](C)(CCC(N)=O)C(=O)N[C@@H](Cc1c[nH]c2ccccc12)C(=O)C(C)C. The van der Waals surface area contributed by atoms with E-state index in [9.17, 15) is 14.4 Å². The van der Waals surface area contributed by atoms with Crippen molar-refractivity contribution >= 4 is 28.5 Å². The Morgan fingerprint density at radius 1 is 1.13 bits per heavy atom. The number of carbonyl (C=O) groups is 3. The third-order valence-corrected chi connectivity index (χ3v) is 5.30. The van der Waals surface area contributed by atoms with Crippen molar-refractivity contribution in [3.8, 4) is 0 Å². The van der Waals surface area contributed by atoms with Crippen LogP contribution in [0.5, 0.6) is 0 Å². The maximum Gasteiger partial charge on any atom is 0.240 e. The molecule has 0 saturated heterocycles. The molecule has 1 aromatic heterocycles. The first-order chi connectivity index (χ1) is 14.0. The lowest BCUT2D eigenvalue weighted by atomic mass is 9.90. The molecular weight excluding hydrogens is 380 g/mol. The summed E-state index contributed by atoms with van der Waals surface area (Å²) >= 11 is 0. The summed E-state index contributed by atoms with van der Waals surface area (Å²) in [6.07, 6.45) is 2.60. The van der Waals surface area contributed by atoms with E-state index in [4.69, 9.17) is 5.73 Å². The van der Waals surface area contributed by atoms with Crippen LogP contribution < -0.4 is 16.4 Å². The maximum atomic E-state index is 13.3. The van der Waals surface area contributed by atoms with Gasteiger partial charge >= 0.3 is 0 Å². The Balaban J connectivity index is 2.28. The van der Waals surface area contributed by atoms with Gasteiger partial charge in [-0.1, -0.05) is 32.0 Å². The van der Waals surface area contributed by atoms with Gasteiger partial charge in [0.05, 0.1) is 11.6 Å². The van der Waals surface area contributed by atoms with E-state index in [0.717, 1.165) is 16.5 Å². The number of hydrogen-bond acceptors (Lipinski definition) is 4. The van der Waals surface area contributed by atoms with Gasteiger partial charge in [-0.3, -0.25) is 14.4 Å². The number of hydrogen-bond donors (Lipinski definition) is 4. The number of ketones is 1. The van der Waals surface area contributed by atoms with Crippen LogP contribution in [0.4, 0.5) is 0 Å². The number of para-hydroxylation sites is 1. The second-order valence-electron chi connectivity index (χ2n) is 8.74. The average Bonchev–Trinajstić information content (AvgIpc) is 3.07. The topological polar surface area (TPSA) is 117 Å². The Hall–Kier alpha value is -2.67. The highest BCUT2D eigenvalue weighted by Crippen LogP contribution is 2.21. The lowest BCUT2D eigenvalue weighted by Crippen LogP contribution is -2.60. The van der Waals surface area contributed by atoms with Crippen molar-refractivity contribution < 1.29 is 14.4 Å². The Morgan fingerprint density at radius 3 is 2.40 bits per heavy atom. The van der Waals surface area contributed by atoms with Gasteiger partial charge in [0, 0.05) is 41.9 Å². The standard InChI is InChI=1S/C23H34N4O3/c1-14(2)21(29)19(12-16-13-25-18-9-7-6-8-17(16)18)26-22(30)23(5,27-15(3)4)11-10-20(24)28/h6-9,13-15,19,25,27H,10-12H2,1-5H3,(H2,24,28)(H,26,30)/t19-,23-/m0/s1. The van der Waals surface area contributed by atoms with Gasteiger partial charge in [-0.05, 0) is 38.8 Å². The summed E-state index contributed by atoms with van der Waals surface area (Å²) in [5.41, 5.74) is 6.25. The number of carbonyl (C=O) groups excluding carboxylic acids is 3. The Bertz CT molecular complexity index is 903. The summed E-state index contributed by atoms with van der Waals surface area (Å²) in [5, 5.41) is 7.22. The number of fused-ring (bicyclic) bond motifs is 1. The molecule has 0 bridgehead atoms. The van der Waals surface area contributed by atoms with Crippen molar-refractivity contribution in [1.82, 2.24) is 15.6 Å². The monoisotopic (exact) mass is 414 g/mol. The van der Waals surface area contributed by atoms with Gasteiger partial charge in [0.15, 0.2) is 5.78 Å². The largest absolute Gasteiger partial charge is 0.370 e. The van der Waals surface area contributed by atoms with E-state index >= 15 is 0 Å². The molecule has 0 saturated carbocycles. The van der Waals surface area contributed by atoms with Crippen LogP contribution in [0.3, 0.4) is 0 Å². The number of Topliss-reactive ketones (excluding diaryl/α,β-unsaturated/α-hetero) is 1. The van der Waals surface area contributed by atoms with Crippen molar-refractivity contribution in [3.63, 3.8) is 0 Å². The molecular formula is C23H34N4O3. The molecule has 0 aliphatic rings. The third kappa shape index (κ3) is 5.92. The fourth-order valence-electron chi connectivity index (χ4n) is 3.72. The van der Waals surface area contributed by atoms with E-state index in [1.807, 2.05) is 58.2 Å². The second kappa shape index (κ2) is 9.89. The Morgan fingerprint density at radius 2 is 1.80 bits per heavy atom. The zero-order valence-corrected chi connectivity index (χ0v) is 18.5. The number of H-pyrrole nitrogens is 1. The summed E-state index contributed by atoms with van der Waals surface area (Å²) in [5.74, 6) is -1.03. The molecule has 30 heavy (non-hydrogen) atoms. The quantitative estimate of drug-likeness (QED) is 0.452. The smallest absolute Gasteiger partial charge is 0.240 e. The molecule has 0 spiro atoms. The van der Waals surface area contributed by atoms with Crippen LogP contribution in [0, 0.1) is 5.92 Å². The lowest BCUT2D eigenvalue weighted by Gasteiger charge is -2.33. The molecule has 0 fully saturated rings. The van der Waals surface area contributed by atoms with Crippen LogP contribution >= 0.6 is 0 Å². The molecule has 2 aromatic rings. The summed E-state index contributed by atoms with van der Waals surface area (Å²) in [4.78, 5) is 40.7. The van der Waals surface area contributed by atoms with Gasteiger partial charge < -0.3 is 21.4 Å². The minimum absolute atomic E-state index is 0.0153. The molecule has 7 heteroatoms. The molecule has 164 valence electrons.